The van der Waals surface area contributed by atoms with Gasteiger partial charge in [-0.1, -0.05) is 59.7 Å². The lowest BCUT2D eigenvalue weighted by Gasteiger charge is -2.24. The molecule has 0 aliphatic carbocycles. The molecule has 0 radical (unpaired) electrons. The van der Waals surface area contributed by atoms with Gasteiger partial charge in [0.25, 0.3) is 0 Å². The Balaban J connectivity index is 1.55. The summed E-state index contributed by atoms with van der Waals surface area (Å²) in [5.74, 6) is 0.334. The lowest BCUT2D eigenvalue weighted by molar-refractivity contribution is -0.121. The van der Waals surface area contributed by atoms with Crippen molar-refractivity contribution in [2.75, 3.05) is 18.0 Å². The Bertz CT molecular complexity index is 948. The number of benzene rings is 2. The molecule has 6 heteroatoms. The smallest absolute Gasteiger partial charge is 0.318 e. The van der Waals surface area contributed by atoms with E-state index in [0.717, 1.165) is 42.6 Å². The van der Waals surface area contributed by atoms with E-state index in [-0.39, 0.29) is 5.91 Å². The van der Waals surface area contributed by atoms with Crippen LogP contribution in [-0.2, 0) is 11.2 Å². The van der Waals surface area contributed by atoms with Crippen LogP contribution < -0.4 is 10.2 Å². The fourth-order valence-corrected chi connectivity index (χ4v) is 3.68. The van der Waals surface area contributed by atoms with E-state index in [4.69, 9.17) is 4.42 Å². The van der Waals surface area contributed by atoms with Crippen molar-refractivity contribution in [3.8, 4) is 0 Å². The number of aromatic nitrogens is 2. The molecule has 0 saturated carbocycles. The summed E-state index contributed by atoms with van der Waals surface area (Å²) < 4.78 is 6.00. The van der Waals surface area contributed by atoms with Gasteiger partial charge in [-0.15, -0.1) is 5.10 Å². The molecule has 4 rings (SSSR count). The van der Waals surface area contributed by atoms with Crippen LogP contribution in [0.25, 0.3) is 0 Å². The number of nitrogens with one attached hydrogen (secondary N) is 1. The van der Waals surface area contributed by atoms with E-state index in [1.54, 1.807) is 0 Å². The number of anilines is 1. The second-order valence-electron chi connectivity index (χ2n) is 7.49. The zero-order chi connectivity index (χ0) is 20.1. The van der Waals surface area contributed by atoms with Crippen LogP contribution in [-0.4, -0.2) is 29.2 Å². The second-order valence-corrected chi connectivity index (χ2v) is 7.49. The Morgan fingerprint density at radius 1 is 1.03 bits per heavy atom. The summed E-state index contributed by atoms with van der Waals surface area (Å²) >= 11 is 0. The van der Waals surface area contributed by atoms with Crippen LogP contribution in [0, 0.1) is 6.92 Å². The van der Waals surface area contributed by atoms with Crippen molar-refractivity contribution in [2.24, 2.45) is 0 Å². The Morgan fingerprint density at radius 3 is 2.52 bits per heavy atom. The van der Waals surface area contributed by atoms with Gasteiger partial charge in [0.1, 0.15) is 6.04 Å². The highest BCUT2D eigenvalue weighted by Gasteiger charge is 2.25. The monoisotopic (exact) mass is 390 g/mol. The van der Waals surface area contributed by atoms with Crippen molar-refractivity contribution in [2.45, 2.75) is 38.6 Å². The first-order valence-corrected chi connectivity index (χ1v) is 10.2. The molecule has 1 N–H and O–H groups in total. The quantitative estimate of drug-likeness (QED) is 0.693. The minimum absolute atomic E-state index is 0.0779. The van der Waals surface area contributed by atoms with Gasteiger partial charge in [-0.25, -0.2) is 0 Å². The second kappa shape index (κ2) is 8.90. The van der Waals surface area contributed by atoms with Crippen LogP contribution >= 0.6 is 0 Å². The van der Waals surface area contributed by atoms with Gasteiger partial charge in [-0.05, 0) is 42.9 Å². The number of piperidine rings is 1. The van der Waals surface area contributed by atoms with Gasteiger partial charge in [0.05, 0.1) is 6.42 Å². The summed E-state index contributed by atoms with van der Waals surface area (Å²) in [6, 6.07) is 17.7. The van der Waals surface area contributed by atoms with E-state index in [2.05, 4.69) is 20.4 Å². The van der Waals surface area contributed by atoms with Gasteiger partial charge in [0.2, 0.25) is 11.8 Å². The van der Waals surface area contributed by atoms with Gasteiger partial charge in [0.15, 0.2) is 0 Å². The van der Waals surface area contributed by atoms with Gasteiger partial charge < -0.3 is 14.6 Å². The molecule has 3 aromatic rings. The molecular formula is C23H26N4O2. The molecule has 1 aromatic heterocycles. The summed E-state index contributed by atoms with van der Waals surface area (Å²) in [6.45, 7) is 3.87. The fraction of sp³-hybridized carbons (Fsp3) is 0.348. The maximum absolute atomic E-state index is 12.8. The Labute approximate surface area is 170 Å². The van der Waals surface area contributed by atoms with E-state index >= 15 is 0 Å². The van der Waals surface area contributed by atoms with Crippen LogP contribution in [0.5, 0.6) is 0 Å². The molecule has 1 saturated heterocycles. The number of hydrogen-bond donors (Lipinski definition) is 1. The van der Waals surface area contributed by atoms with E-state index in [1.165, 1.54) is 6.42 Å². The predicted molar refractivity (Wildman–Crippen MR) is 112 cm³/mol. The molecule has 1 aliphatic rings. The number of rotatable bonds is 6. The number of carbonyl (C=O) groups excluding carboxylic acids is 1. The maximum Gasteiger partial charge on any atom is 0.318 e. The van der Waals surface area contributed by atoms with E-state index in [1.807, 2.05) is 61.5 Å². The Kier molecular flexibility index (Phi) is 5.89. The van der Waals surface area contributed by atoms with Gasteiger partial charge in [-0.3, -0.25) is 4.79 Å². The summed E-state index contributed by atoms with van der Waals surface area (Å²) in [5, 5.41) is 11.6. The first-order valence-electron chi connectivity index (χ1n) is 10.2. The lowest BCUT2D eigenvalue weighted by atomic mass is 10.0. The molecule has 0 bridgehead atoms. The number of carbonyl (C=O) groups is 1. The normalized spacial score (nSPS) is 15.1. The third kappa shape index (κ3) is 4.65. The summed E-state index contributed by atoms with van der Waals surface area (Å²) in [7, 11) is 0. The van der Waals surface area contributed by atoms with Crippen LogP contribution in [0.4, 0.5) is 6.01 Å². The third-order valence-electron chi connectivity index (χ3n) is 5.35. The molecule has 1 fully saturated rings. The summed E-state index contributed by atoms with van der Waals surface area (Å²) in [6.07, 6.45) is 3.81. The average Bonchev–Trinajstić information content (AvgIpc) is 3.25. The highest BCUT2D eigenvalue weighted by Crippen LogP contribution is 2.25. The minimum Gasteiger partial charge on any atom is -0.405 e. The maximum atomic E-state index is 12.8. The van der Waals surface area contributed by atoms with Crippen LogP contribution in [0.15, 0.2) is 59.0 Å². The van der Waals surface area contributed by atoms with Crippen LogP contribution in [0.2, 0.25) is 0 Å². The summed E-state index contributed by atoms with van der Waals surface area (Å²) in [4.78, 5) is 14.9. The molecule has 1 amide bonds. The van der Waals surface area contributed by atoms with Crippen molar-refractivity contribution in [3.63, 3.8) is 0 Å². The Morgan fingerprint density at radius 2 is 1.76 bits per heavy atom. The number of nitrogens with zero attached hydrogens (tertiary/aromatic N) is 3. The molecule has 2 heterocycles. The first-order chi connectivity index (χ1) is 14.2. The van der Waals surface area contributed by atoms with Crippen molar-refractivity contribution < 1.29 is 9.21 Å². The van der Waals surface area contributed by atoms with Gasteiger partial charge in [-0.2, -0.15) is 0 Å². The molecule has 1 atom stereocenters. The molecule has 150 valence electrons. The molecular weight excluding hydrogens is 364 g/mol. The number of aryl methyl sites for hydroxylation is 1. The highest BCUT2D eigenvalue weighted by molar-refractivity contribution is 5.79. The average molecular weight is 390 g/mol. The van der Waals surface area contributed by atoms with Crippen molar-refractivity contribution >= 4 is 11.9 Å². The molecule has 0 unspecified atom stereocenters. The number of amides is 1. The molecule has 29 heavy (non-hydrogen) atoms. The third-order valence-corrected chi connectivity index (χ3v) is 5.35. The molecule has 6 nitrogen and oxygen atoms in total. The van der Waals surface area contributed by atoms with E-state index in [0.29, 0.717) is 18.3 Å². The summed E-state index contributed by atoms with van der Waals surface area (Å²) in [5.41, 5.74) is 3.03. The first kappa shape index (κ1) is 19.2. The van der Waals surface area contributed by atoms with Crippen LogP contribution in [0.3, 0.4) is 0 Å². The van der Waals surface area contributed by atoms with Crippen molar-refractivity contribution in [1.29, 1.82) is 0 Å². The molecule has 1 aliphatic heterocycles. The fourth-order valence-electron chi connectivity index (χ4n) is 3.68. The van der Waals surface area contributed by atoms with Crippen molar-refractivity contribution in [1.82, 2.24) is 15.5 Å². The zero-order valence-electron chi connectivity index (χ0n) is 16.7. The topological polar surface area (TPSA) is 71.3 Å². The Hall–Kier alpha value is -3.15. The van der Waals surface area contributed by atoms with Crippen molar-refractivity contribution in [3.05, 3.63) is 77.2 Å². The highest BCUT2D eigenvalue weighted by atomic mass is 16.4. The lowest BCUT2D eigenvalue weighted by Crippen LogP contribution is -2.31. The zero-order valence-corrected chi connectivity index (χ0v) is 16.7. The molecule has 0 spiro atoms. The van der Waals surface area contributed by atoms with E-state index < -0.39 is 6.04 Å². The SMILES string of the molecule is Cc1ccccc1CC(=O)N[C@@H](c1ccccc1)c1nnc(N2CCCCC2)o1. The predicted octanol–water partition coefficient (Wildman–Crippen LogP) is 3.82. The molecule has 2 aromatic carbocycles. The minimum atomic E-state index is -0.473. The van der Waals surface area contributed by atoms with Gasteiger partial charge >= 0.3 is 6.01 Å². The largest absolute Gasteiger partial charge is 0.405 e. The standard InChI is InChI=1S/C23H26N4O2/c1-17-10-6-7-13-19(17)16-20(28)24-21(18-11-4-2-5-12-18)22-25-26-23(29-22)27-14-8-3-9-15-27/h2,4-7,10-13,21H,3,8-9,14-16H2,1H3,(H,24,28)/t21-/m0/s1. The van der Waals surface area contributed by atoms with E-state index in [9.17, 15) is 4.79 Å². The van der Waals surface area contributed by atoms with Crippen LogP contribution in [0.1, 0.15) is 47.9 Å². The van der Waals surface area contributed by atoms with Gasteiger partial charge in [0, 0.05) is 13.1 Å². The number of hydrogen-bond acceptors (Lipinski definition) is 5.